The van der Waals surface area contributed by atoms with Crippen LogP contribution in [0.3, 0.4) is 0 Å². The predicted molar refractivity (Wildman–Crippen MR) is 361 cm³/mol. The van der Waals surface area contributed by atoms with Crippen molar-refractivity contribution in [2.24, 2.45) is 5.92 Å². The molecule has 2 atom stereocenters. The molecule has 0 radical (unpaired) electrons. The van der Waals surface area contributed by atoms with Gasteiger partial charge < -0.3 is 9.80 Å². The van der Waals surface area contributed by atoms with Gasteiger partial charge in [-0.05, 0) is 178 Å². The van der Waals surface area contributed by atoms with Crippen molar-refractivity contribution in [3.8, 4) is 44.5 Å². The van der Waals surface area contributed by atoms with Crippen LogP contribution in [-0.2, 0) is 27.8 Å². The molecule has 0 fully saturated rings. The second-order valence-electron chi connectivity index (χ2n) is 28.1. The Labute approximate surface area is 514 Å². The highest BCUT2D eigenvalue weighted by Gasteiger charge is 2.42. The van der Waals surface area contributed by atoms with E-state index in [0.29, 0.717) is 5.69 Å². The number of hydrogen-bond donors (Lipinski definition) is 0. The lowest BCUT2D eigenvalue weighted by Gasteiger charge is -2.44. The Morgan fingerprint density at radius 2 is 0.897 bits per heavy atom. The van der Waals surface area contributed by atoms with Gasteiger partial charge in [-0.15, -0.1) is 0 Å². The van der Waals surface area contributed by atoms with Crippen LogP contribution in [0.2, 0.25) is 0 Å². The summed E-state index contributed by atoms with van der Waals surface area (Å²) in [5, 5.41) is 0. The Balaban J connectivity index is 1.07. The summed E-state index contributed by atoms with van der Waals surface area (Å²) in [6.45, 7) is 29.3. The van der Waals surface area contributed by atoms with Crippen LogP contribution < -0.4 is 9.80 Å². The minimum absolute atomic E-state index is 0.0913. The number of halogens is 3. The van der Waals surface area contributed by atoms with Gasteiger partial charge in [-0.1, -0.05) is 253 Å². The van der Waals surface area contributed by atoms with Gasteiger partial charge in [0, 0.05) is 34.1 Å². The van der Waals surface area contributed by atoms with E-state index in [-0.39, 0.29) is 27.6 Å². The van der Waals surface area contributed by atoms with Crippen molar-refractivity contribution in [2.45, 2.75) is 124 Å². The lowest BCUT2D eigenvalue weighted by Crippen LogP contribution is -2.37. The molecule has 4 aliphatic carbocycles. The Bertz CT molecular complexity index is 4270. The minimum Gasteiger partial charge on any atom is -0.330 e. The number of aryl methyl sites for hydroxylation is 1. The molecule has 8 aromatic rings. The molecule has 12 rings (SSSR count). The number of nitrogens with zero attached hydrogens (tertiary/aromatic N) is 2. The number of benzene rings is 8. The third-order valence-electron chi connectivity index (χ3n) is 17.8. The number of allylic oxidation sites excluding steroid dienone is 10. The lowest BCUT2D eigenvalue weighted by molar-refractivity contribution is -0.137. The molecule has 4 aliphatic rings. The lowest BCUT2D eigenvalue weighted by atomic mass is 9.67. The first-order chi connectivity index (χ1) is 41.3. The smallest absolute Gasteiger partial charge is 0.330 e. The second-order valence-corrected chi connectivity index (χ2v) is 28.1. The molecule has 0 heterocycles. The first-order valence-electron chi connectivity index (χ1n) is 30.7. The van der Waals surface area contributed by atoms with E-state index in [2.05, 4.69) is 306 Å². The zero-order chi connectivity index (χ0) is 61.5. The van der Waals surface area contributed by atoms with Gasteiger partial charge in [0.25, 0.3) is 0 Å². The zero-order valence-electron chi connectivity index (χ0n) is 52.6. The average molecular weight is 1150 g/mol. The molecule has 0 N–H and O–H groups in total. The van der Waals surface area contributed by atoms with E-state index >= 15 is 13.2 Å². The van der Waals surface area contributed by atoms with Crippen molar-refractivity contribution in [3.63, 3.8) is 0 Å². The molecule has 8 aromatic carbocycles. The summed E-state index contributed by atoms with van der Waals surface area (Å²) in [7, 11) is 0. The molecular formula is C82H79F3N2. The first kappa shape index (κ1) is 58.7. The van der Waals surface area contributed by atoms with Crippen molar-refractivity contribution in [1.29, 1.82) is 0 Å². The summed E-state index contributed by atoms with van der Waals surface area (Å²) in [6.07, 6.45) is 13.4. The maximum atomic E-state index is 15.2. The maximum Gasteiger partial charge on any atom is 0.416 e. The highest BCUT2D eigenvalue weighted by molar-refractivity contribution is 5.93. The van der Waals surface area contributed by atoms with Crippen molar-refractivity contribution in [1.82, 2.24) is 0 Å². The molecule has 0 saturated carbocycles. The Kier molecular flexibility index (Phi) is 14.8. The molecule has 0 spiro atoms. The topological polar surface area (TPSA) is 6.48 Å². The predicted octanol–water partition coefficient (Wildman–Crippen LogP) is 23.0. The molecular weight excluding hydrogens is 1070 g/mol. The van der Waals surface area contributed by atoms with Gasteiger partial charge in [0.15, 0.2) is 0 Å². The van der Waals surface area contributed by atoms with E-state index in [9.17, 15) is 0 Å². The SMILES string of the molecule is Cc1cccc(N(C2=C3C=CC4=C5C(=CC=C(C=C2)C35)C(N(c2cccc(C(F)(F)F)c2)c2ccc(-c3ccccc3C(C)(C)C)cc2-c2ccccc2C(C)(C)C)C=C4)c2ccc(-c3ccccc3C(C)(C)C)cc2-c2ccccc2C(C)(C)C)c1. The van der Waals surface area contributed by atoms with E-state index in [1.165, 1.54) is 39.9 Å². The third-order valence-corrected chi connectivity index (χ3v) is 17.8. The highest BCUT2D eigenvalue weighted by atomic mass is 19.4. The quantitative estimate of drug-likeness (QED) is 0.135. The molecule has 0 aliphatic heterocycles. The second kappa shape index (κ2) is 21.9. The number of anilines is 4. The summed E-state index contributed by atoms with van der Waals surface area (Å²) >= 11 is 0. The minimum atomic E-state index is -4.57. The van der Waals surface area contributed by atoms with Gasteiger partial charge in [0.2, 0.25) is 0 Å². The Hall–Kier alpha value is -8.67. The van der Waals surface area contributed by atoms with Crippen LogP contribution in [0.5, 0.6) is 0 Å². The fourth-order valence-corrected chi connectivity index (χ4v) is 13.7. The van der Waals surface area contributed by atoms with Crippen LogP contribution in [0.4, 0.5) is 35.9 Å². The van der Waals surface area contributed by atoms with E-state index in [1.807, 2.05) is 6.07 Å². The molecule has 0 aromatic heterocycles. The molecule has 2 nitrogen and oxygen atoms in total. The molecule has 0 bridgehead atoms. The number of hydrogen-bond acceptors (Lipinski definition) is 2. The Morgan fingerprint density at radius 3 is 1.44 bits per heavy atom. The molecule has 5 heteroatoms. The fraction of sp³-hybridized carbons (Fsp3) is 0.244. The van der Waals surface area contributed by atoms with Crippen LogP contribution >= 0.6 is 0 Å². The van der Waals surface area contributed by atoms with Gasteiger partial charge in [-0.2, -0.15) is 13.2 Å². The van der Waals surface area contributed by atoms with Crippen molar-refractivity contribution in [3.05, 3.63) is 298 Å². The fourth-order valence-electron chi connectivity index (χ4n) is 13.7. The van der Waals surface area contributed by atoms with E-state index < -0.39 is 17.8 Å². The van der Waals surface area contributed by atoms with E-state index in [1.54, 1.807) is 6.07 Å². The molecule has 2 unspecified atom stereocenters. The number of rotatable bonds is 10. The summed E-state index contributed by atoms with van der Waals surface area (Å²) in [4.78, 5) is 4.65. The monoisotopic (exact) mass is 1150 g/mol. The van der Waals surface area contributed by atoms with Crippen LogP contribution in [0, 0.1) is 12.8 Å². The number of alkyl halides is 3. The van der Waals surface area contributed by atoms with Crippen molar-refractivity contribution >= 4 is 22.7 Å². The van der Waals surface area contributed by atoms with Crippen LogP contribution in [-0.4, -0.2) is 6.04 Å². The third kappa shape index (κ3) is 11.0. The van der Waals surface area contributed by atoms with Gasteiger partial charge in [0.1, 0.15) is 0 Å². The zero-order valence-corrected chi connectivity index (χ0v) is 52.6. The van der Waals surface area contributed by atoms with E-state index in [0.717, 1.165) is 95.1 Å². The van der Waals surface area contributed by atoms with Crippen LogP contribution in [0.15, 0.2) is 264 Å². The Morgan fingerprint density at radius 1 is 0.402 bits per heavy atom. The van der Waals surface area contributed by atoms with Crippen LogP contribution in [0.1, 0.15) is 116 Å². The maximum absolute atomic E-state index is 15.2. The highest BCUT2D eigenvalue weighted by Crippen LogP contribution is 2.55. The molecule has 0 saturated heterocycles. The first-order valence-corrected chi connectivity index (χ1v) is 30.7. The summed E-state index contributed by atoms with van der Waals surface area (Å²) in [6, 6.07) is 62.7. The molecule has 87 heavy (non-hydrogen) atoms. The van der Waals surface area contributed by atoms with Gasteiger partial charge >= 0.3 is 6.18 Å². The molecule has 0 amide bonds. The average Bonchev–Trinajstić information content (AvgIpc) is 0.775. The molecule has 438 valence electrons. The standard InChI is InChI=1S/C82H79F3N2/c1-52-24-22-26-58(48-52)86(74-46-40-55(60-28-14-18-32-68(60)78(2,3)4)49-66(74)62-30-16-20-34-70(62)80(8,9)10)72-44-38-53-37-43-65-73(45-39-54-36-42-64(72)76(53)77(54)65)87(59-27-23-25-57(51-59)82(83,84)85)75-47-41-56(61-29-15-19-33-69(61)79(5,6)7)50-67(75)63-31-17-21-35-71(63)81(11,12)13/h14-51,73,76H,1-13H3. The van der Waals surface area contributed by atoms with Crippen LogP contribution in [0.25, 0.3) is 44.5 Å². The van der Waals surface area contributed by atoms with Gasteiger partial charge in [-0.25, -0.2) is 0 Å². The van der Waals surface area contributed by atoms with E-state index in [4.69, 9.17) is 0 Å². The van der Waals surface area contributed by atoms with Gasteiger partial charge in [-0.3, -0.25) is 0 Å². The summed E-state index contributed by atoms with van der Waals surface area (Å²) < 4.78 is 45.5. The van der Waals surface area contributed by atoms with Crippen molar-refractivity contribution in [2.75, 3.05) is 9.80 Å². The van der Waals surface area contributed by atoms with Gasteiger partial charge in [0.05, 0.1) is 23.0 Å². The normalized spacial score (nSPS) is 16.6. The summed E-state index contributed by atoms with van der Waals surface area (Å²) in [5.74, 6) is -0.186. The largest absolute Gasteiger partial charge is 0.416 e. The van der Waals surface area contributed by atoms with Crippen molar-refractivity contribution < 1.29 is 13.2 Å². The summed E-state index contributed by atoms with van der Waals surface area (Å²) in [5.41, 5.74) is 23.5.